The molecule has 2 amide bonds. The predicted octanol–water partition coefficient (Wildman–Crippen LogP) is 2.79. The van der Waals surface area contributed by atoms with Crippen molar-refractivity contribution in [1.29, 1.82) is 0 Å². The molecule has 112 valence electrons. The molecule has 0 spiro atoms. The molecule has 0 bridgehead atoms. The summed E-state index contributed by atoms with van der Waals surface area (Å²) in [5.41, 5.74) is 2.67. The van der Waals surface area contributed by atoms with Crippen molar-refractivity contribution in [2.24, 2.45) is 0 Å². The second-order valence-electron chi connectivity index (χ2n) is 5.38. The fourth-order valence-corrected chi connectivity index (χ4v) is 2.47. The molecule has 0 saturated heterocycles. The Hall–Kier alpha value is -1.99. The topological polar surface area (TPSA) is 61.4 Å². The molecule has 1 aromatic rings. The number of aliphatic hydroxyl groups is 1. The van der Waals surface area contributed by atoms with Crippen LogP contribution < -0.4 is 10.6 Å². The van der Waals surface area contributed by atoms with Crippen molar-refractivity contribution >= 4 is 11.7 Å². The molecular formula is C17H22N2O2. The fraction of sp³-hybridized carbons (Fsp3) is 0.471. The number of amides is 2. The number of aliphatic hydroxyl groups excluding tert-OH is 1. The van der Waals surface area contributed by atoms with E-state index in [2.05, 4.69) is 22.5 Å². The average Bonchev–Trinajstić information content (AvgIpc) is 2.95. The highest BCUT2D eigenvalue weighted by Gasteiger charge is 2.16. The minimum atomic E-state index is -0.153. The molecule has 0 atom stereocenters. The first-order valence-corrected chi connectivity index (χ1v) is 7.47. The second kappa shape index (κ2) is 7.70. The molecule has 0 unspecified atom stereocenters. The van der Waals surface area contributed by atoms with Crippen LogP contribution >= 0.6 is 0 Å². The third kappa shape index (κ3) is 4.80. The van der Waals surface area contributed by atoms with E-state index in [4.69, 9.17) is 5.11 Å². The maximum atomic E-state index is 11.9. The molecule has 0 radical (unpaired) electrons. The summed E-state index contributed by atoms with van der Waals surface area (Å²) in [4.78, 5) is 11.9. The van der Waals surface area contributed by atoms with Crippen molar-refractivity contribution in [3.63, 3.8) is 0 Å². The molecule has 1 aliphatic carbocycles. The molecule has 3 N–H and O–H groups in total. The van der Waals surface area contributed by atoms with Crippen LogP contribution in [-0.2, 0) is 0 Å². The van der Waals surface area contributed by atoms with E-state index in [0.717, 1.165) is 29.7 Å². The maximum absolute atomic E-state index is 11.9. The highest BCUT2D eigenvalue weighted by Crippen LogP contribution is 2.18. The number of carbonyl (C=O) groups excluding carboxylic acids is 1. The van der Waals surface area contributed by atoms with E-state index >= 15 is 0 Å². The largest absolute Gasteiger partial charge is 0.395 e. The molecule has 4 nitrogen and oxygen atoms in total. The zero-order chi connectivity index (χ0) is 15.1. The van der Waals surface area contributed by atoms with Gasteiger partial charge in [-0.3, -0.25) is 0 Å². The Morgan fingerprint density at radius 1 is 1.38 bits per heavy atom. The van der Waals surface area contributed by atoms with E-state index in [9.17, 15) is 4.79 Å². The minimum absolute atomic E-state index is 0.0633. The fourth-order valence-electron chi connectivity index (χ4n) is 2.47. The van der Waals surface area contributed by atoms with E-state index in [-0.39, 0.29) is 12.6 Å². The van der Waals surface area contributed by atoms with E-state index in [1.807, 2.05) is 25.1 Å². The monoisotopic (exact) mass is 286 g/mol. The number of nitrogens with one attached hydrogen (secondary N) is 2. The summed E-state index contributed by atoms with van der Waals surface area (Å²) in [6, 6.07) is 5.84. The summed E-state index contributed by atoms with van der Waals surface area (Å²) in [6.45, 7) is 2.04. The number of hydrogen-bond acceptors (Lipinski definition) is 2. The third-order valence-corrected chi connectivity index (χ3v) is 3.65. The highest BCUT2D eigenvalue weighted by molar-refractivity contribution is 5.89. The quantitative estimate of drug-likeness (QED) is 0.748. The molecule has 0 aromatic heterocycles. The lowest BCUT2D eigenvalue weighted by molar-refractivity contribution is 0.248. The van der Waals surface area contributed by atoms with E-state index in [0.29, 0.717) is 12.5 Å². The van der Waals surface area contributed by atoms with E-state index < -0.39 is 0 Å². The van der Waals surface area contributed by atoms with Gasteiger partial charge in [0.2, 0.25) is 0 Å². The van der Waals surface area contributed by atoms with Crippen LogP contribution in [0.1, 0.15) is 43.2 Å². The van der Waals surface area contributed by atoms with Gasteiger partial charge in [0.1, 0.15) is 0 Å². The van der Waals surface area contributed by atoms with Crippen molar-refractivity contribution in [2.45, 2.75) is 45.1 Å². The van der Waals surface area contributed by atoms with Gasteiger partial charge in [-0.2, -0.15) is 0 Å². The Labute approximate surface area is 125 Å². The number of hydrogen-bond donors (Lipinski definition) is 3. The van der Waals surface area contributed by atoms with Gasteiger partial charge < -0.3 is 15.7 Å². The van der Waals surface area contributed by atoms with Crippen LogP contribution in [0.2, 0.25) is 0 Å². The van der Waals surface area contributed by atoms with Crippen molar-refractivity contribution in [3.8, 4) is 11.8 Å². The molecule has 4 heteroatoms. The normalized spacial score (nSPS) is 14.4. The molecule has 0 aliphatic heterocycles. The zero-order valence-corrected chi connectivity index (χ0v) is 12.4. The summed E-state index contributed by atoms with van der Waals surface area (Å²) >= 11 is 0. The van der Waals surface area contributed by atoms with Crippen LogP contribution in [0.25, 0.3) is 0 Å². The smallest absolute Gasteiger partial charge is 0.319 e. The second-order valence-corrected chi connectivity index (χ2v) is 5.38. The van der Waals surface area contributed by atoms with Gasteiger partial charge in [-0.25, -0.2) is 4.79 Å². The number of urea groups is 1. The van der Waals surface area contributed by atoms with E-state index in [1.54, 1.807) is 0 Å². The maximum Gasteiger partial charge on any atom is 0.319 e. The van der Waals surface area contributed by atoms with Gasteiger partial charge in [0.25, 0.3) is 0 Å². The molecule has 21 heavy (non-hydrogen) atoms. The predicted molar refractivity (Wildman–Crippen MR) is 84.2 cm³/mol. The van der Waals surface area contributed by atoms with Crippen LogP contribution in [0.5, 0.6) is 0 Å². The van der Waals surface area contributed by atoms with Crippen LogP contribution in [0.4, 0.5) is 10.5 Å². The van der Waals surface area contributed by atoms with Crippen LogP contribution in [0.3, 0.4) is 0 Å². The first-order chi connectivity index (χ1) is 10.2. The van der Waals surface area contributed by atoms with Crippen LogP contribution in [-0.4, -0.2) is 23.8 Å². The Morgan fingerprint density at radius 3 is 2.86 bits per heavy atom. The van der Waals surface area contributed by atoms with Gasteiger partial charge in [0.05, 0.1) is 6.61 Å². The minimum Gasteiger partial charge on any atom is -0.395 e. The Bertz CT molecular complexity index is 552. The lowest BCUT2D eigenvalue weighted by atomic mass is 10.1. The Morgan fingerprint density at radius 2 is 2.14 bits per heavy atom. The summed E-state index contributed by atoms with van der Waals surface area (Å²) in [6.07, 6.45) is 4.98. The van der Waals surface area contributed by atoms with Gasteiger partial charge in [-0.05, 0) is 37.5 Å². The summed E-state index contributed by atoms with van der Waals surface area (Å²) in [7, 11) is 0. The van der Waals surface area contributed by atoms with Crippen molar-refractivity contribution in [3.05, 3.63) is 29.3 Å². The van der Waals surface area contributed by atoms with Crippen molar-refractivity contribution in [2.75, 3.05) is 11.9 Å². The van der Waals surface area contributed by atoms with Crippen LogP contribution in [0.15, 0.2) is 18.2 Å². The SMILES string of the molecule is Cc1ccc(NC(=O)NC2CCCC2)cc1C#CCCO. The van der Waals surface area contributed by atoms with Crippen molar-refractivity contribution in [1.82, 2.24) is 5.32 Å². The zero-order valence-electron chi connectivity index (χ0n) is 12.4. The van der Waals surface area contributed by atoms with Gasteiger partial charge in [-0.15, -0.1) is 0 Å². The first kappa shape index (κ1) is 15.4. The number of benzene rings is 1. The van der Waals surface area contributed by atoms with Gasteiger partial charge in [0.15, 0.2) is 0 Å². The first-order valence-electron chi connectivity index (χ1n) is 7.47. The Kier molecular flexibility index (Phi) is 5.65. The molecular weight excluding hydrogens is 264 g/mol. The number of carbonyl (C=O) groups is 1. The number of rotatable bonds is 3. The molecule has 2 rings (SSSR count). The average molecular weight is 286 g/mol. The summed E-state index contributed by atoms with van der Waals surface area (Å²) in [5, 5.41) is 14.6. The lowest BCUT2D eigenvalue weighted by Gasteiger charge is -2.13. The lowest BCUT2D eigenvalue weighted by Crippen LogP contribution is -2.36. The van der Waals surface area contributed by atoms with Gasteiger partial charge >= 0.3 is 6.03 Å². The molecule has 0 heterocycles. The molecule has 1 aliphatic rings. The Balaban J connectivity index is 1.98. The summed E-state index contributed by atoms with van der Waals surface area (Å²) < 4.78 is 0. The van der Waals surface area contributed by atoms with E-state index in [1.165, 1.54) is 12.8 Å². The third-order valence-electron chi connectivity index (χ3n) is 3.65. The highest BCUT2D eigenvalue weighted by atomic mass is 16.2. The molecule has 1 saturated carbocycles. The number of aryl methyl sites for hydroxylation is 1. The summed E-state index contributed by atoms with van der Waals surface area (Å²) in [5.74, 6) is 5.92. The van der Waals surface area contributed by atoms with Crippen LogP contribution in [0, 0.1) is 18.8 Å². The standard InChI is InChI=1S/C17H22N2O2/c1-13-9-10-16(12-14(13)6-4-5-11-20)19-17(21)18-15-7-2-3-8-15/h9-10,12,15,20H,2-3,5,7-8,11H2,1H3,(H2,18,19,21). The van der Waals surface area contributed by atoms with Gasteiger partial charge in [-0.1, -0.05) is 30.7 Å². The molecule has 1 aromatic carbocycles. The number of anilines is 1. The molecule has 1 fully saturated rings. The van der Waals surface area contributed by atoms with Crippen molar-refractivity contribution < 1.29 is 9.90 Å². The van der Waals surface area contributed by atoms with Gasteiger partial charge in [0, 0.05) is 23.7 Å².